The van der Waals surface area contributed by atoms with Crippen LogP contribution in [0.3, 0.4) is 0 Å². The maximum atomic E-state index is 13.8. The molecule has 4 aromatic rings. The number of oxazole rings is 1. The first-order valence-corrected chi connectivity index (χ1v) is 10.4. The van der Waals surface area contributed by atoms with Crippen molar-refractivity contribution in [2.75, 3.05) is 23.3 Å². The summed E-state index contributed by atoms with van der Waals surface area (Å²) < 4.78 is 19.7. The first-order chi connectivity index (χ1) is 15.6. The van der Waals surface area contributed by atoms with Crippen molar-refractivity contribution in [2.24, 2.45) is 0 Å². The molecule has 7 heteroatoms. The number of fused-ring (bicyclic) bond motifs is 1. The van der Waals surface area contributed by atoms with E-state index < -0.39 is 11.7 Å². The summed E-state index contributed by atoms with van der Waals surface area (Å²) in [7, 11) is 0. The van der Waals surface area contributed by atoms with Crippen molar-refractivity contribution >= 4 is 34.3 Å². The molecule has 0 aliphatic carbocycles. The predicted molar refractivity (Wildman–Crippen MR) is 122 cm³/mol. The molecule has 32 heavy (non-hydrogen) atoms. The molecule has 1 amide bonds. The van der Waals surface area contributed by atoms with Crippen LogP contribution in [0.5, 0.6) is 0 Å². The zero-order valence-corrected chi connectivity index (χ0v) is 17.5. The fourth-order valence-electron chi connectivity index (χ4n) is 3.87. The molecule has 1 N–H and O–H groups in total. The van der Waals surface area contributed by atoms with Crippen LogP contribution in [0.25, 0.3) is 16.7 Å². The quantitative estimate of drug-likeness (QED) is 0.478. The number of nitrogens with zero attached hydrogens (tertiary/aromatic N) is 3. The molecule has 0 unspecified atom stereocenters. The number of halogens is 1. The van der Waals surface area contributed by atoms with Gasteiger partial charge in [0, 0.05) is 25.0 Å². The molecule has 0 spiro atoms. The standard InChI is InChI=1S/C25H21FN4O2/c1-16-11-13-30(25-29-22-4-2-3-5-23(22)32-25)15-20(16)17-6-8-18(9-7-17)28-24(31)19-10-12-27-14-21(19)26/h2-10,12,14H,11,13,15H2,1H3,(H,28,31). The van der Waals surface area contributed by atoms with E-state index in [1.54, 1.807) is 0 Å². The van der Waals surface area contributed by atoms with Gasteiger partial charge >= 0.3 is 0 Å². The molecule has 2 aromatic carbocycles. The highest BCUT2D eigenvalue weighted by Crippen LogP contribution is 2.31. The summed E-state index contributed by atoms with van der Waals surface area (Å²) in [5.74, 6) is -1.16. The topological polar surface area (TPSA) is 71.3 Å². The molecule has 0 saturated carbocycles. The van der Waals surface area contributed by atoms with Gasteiger partial charge in [-0.1, -0.05) is 29.8 Å². The Kier molecular flexibility index (Phi) is 5.15. The third-order valence-corrected chi connectivity index (χ3v) is 5.68. The molecule has 0 saturated heterocycles. The Labute approximate surface area is 184 Å². The van der Waals surface area contributed by atoms with Crippen LogP contribution in [-0.2, 0) is 0 Å². The Bertz CT molecular complexity index is 1290. The van der Waals surface area contributed by atoms with Crippen molar-refractivity contribution in [3.8, 4) is 0 Å². The van der Waals surface area contributed by atoms with E-state index in [1.165, 1.54) is 23.4 Å². The molecule has 0 bridgehead atoms. The van der Waals surface area contributed by atoms with Gasteiger partial charge in [-0.3, -0.25) is 9.78 Å². The summed E-state index contributed by atoms with van der Waals surface area (Å²) in [5, 5.41) is 2.73. The number of carbonyl (C=O) groups excluding carboxylic acids is 1. The second-order valence-electron chi connectivity index (χ2n) is 7.78. The van der Waals surface area contributed by atoms with Gasteiger partial charge in [-0.2, -0.15) is 4.98 Å². The van der Waals surface area contributed by atoms with Gasteiger partial charge in [-0.15, -0.1) is 0 Å². The number of nitrogens with one attached hydrogen (secondary N) is 1. The number of aromatic nitrogens is 2. The largest absolute Gasteiger partial charge is 0.423 e. The zero-order chi connectivity index (χ0) is 22.1. The van der Waals surface area contributed by atoms with E-state index in [4.69, 9.17) is 4.42 Å². The summed E-state index contributed by atoms with van der Waals surface area (Å²) in [6.07, 6.45) is 3.33. The first kappa shape index (κ1) is 19.9. The number of pyridine rings is 1. The average Bonchev–Trinajstić information content (AvgIpc) is 3.24. The predicted octanol–water partition coefficient (Wildman–Crippen LogP) is 5.30. The molecule has 5 rings (SSSR count). The lowest BCUT2D eigenvalue weighted by atomic mass is 9.95. The van der Waals surface area contributed by atoms with Gasteiger partial charge in [-0.25, -0.2) is 4.39 Å². The van der Waals surface area contributed by atoms with E-state index in [0.717, 1.165) is 35.8 Å². The highest BCUT2D eigenvalue weighted by Gasteiger charge is 2.22. The average molecular weight is 428 g/mol. The lowest BCUT2D eigenvalue weighted by Crippen LogP contribution is -2.31. The third-order valence-electron chi connectivity index (χ3n) is 5.68. The molecule has 160 valence electrons. The van der Waals surface area contributed by atoms with Crippen LogP contribution in [0, 0.1) is 5.82 Å². The molecular formula is C25H21FN4O2. The van der Waals surface area contributed by atoms with Gasteiger partial charge in [0.25, 0.3) is 11.9 Å². The van der Waals surface area contributed by atoms with Crippen LogP contribution in [0.4, 0.5) is 16.1 Å². The van der Waals surface area contributed by atoms with Crippen LogP contribution in [0.15, 0.2) is 77.0 Å². The van der Waals surface area contributed by atoms with Crippen molar-refractivity contribution in [2.45, 2.75) is 13.3 Å². The van der Waals surface area contributed by atoms with E-state index in [1.807, 2.05) is 48.5 Å². The number of carbonyl (C=O) groups is 1. The monoisotopic (exact) mass is 428 g/mol. The molecular weight excluding hydrogens is 407 g/mol. The zero-order valence-electron chi connectivity index (χ0n) is 17.5. The minimum Gasteiger partial charge on any atom is -0.423 e. The Balaban J connectivity index is 1.33. The number of amides is 1. The van der Waals surface area contributed by atoms with Gasteiger partial charge in [0.15, 0.2) is 11.4 Å². The Morgan fingerprint density at radius 2 is 1.94 bits per heavy atom. The Morgan fingerprint density at radius 1 is 1.12 bits per heavy atom. The maximum absolute atomic E-state index is 13.8. The number of benzene rings is 2. The van der Waals surface area contributed by atoms with E-state index in [9.17, 15) is 9.18 Å². The maximum Gasteiger partial charge on any atom is 0.298 e. The highest BCUT2D eigenvalue weighted by atomic mass is 19.1. The van der Waals surface area contributed by atoms with Crippen LogP contribution in [0.2, 0.25) is 0 Å². The summed E-state index contributed by atoms with van der Waals surface area (Å²) in [5.41, 5.74) is 5.77. The number of hydrogen-bond acceptors (Lipinski definition) is 5. The van der Waals surface area contributed by atoms with Gasteiger partial charge in [0.2, 0.25) is 0 Å². The van der Waals surface area contributed by atoms with Crippen molar-refractivity contribution in [3.05, 3.63) is 89.5 Å². The molecule has 0 atom stereocenters. The fourth-order valence-corrected chi connectivity index (χ4v) is 3.87. The SMILES string of the molecule is CC1=C(c2ccc(NC(=O)c3ccncc3F)cc2)CN(c2nc3ccccc3o2)CC1. The summed E-state index contributed by atoms with van der Waals surface area (Å²) in [6.45, 7) is 3.67. The second-order valence-corrected chi connectivity index (χ2v) is 7.78. The summed E-state index contributed by atoms with van der Waals surface area (Å²) >= 11 is 0. The third kappa shape index (κ3) is 3.85. The van der Waals surface area contributed by atoms with Crippen LogP contribution < -0.4 is 10.2 Å². The summed E-state index contributed by atoms with van der Waals surface area (Å²) in [6, 6.07) is 17.3. The normalized spacial score (nSPS) is 14.1. The van der Waals surface area contributed by atoms with Crippen molar-refractivity contribution in [1.29, 1.82) is 0 Å². The molecule has 0 radical (unpaired) electrons. The van der Waals surface area contributed by atoms with Gasteiger partial charge in [0.1, 0.15) is 5.52 Å². The molecule has 1 aliphatic heterocycles. The molecule has 6 nitrogen and oxygen atoms in total. The minimum atomic E-state index is -0.649. The van der Waals surface area contributed by atoms with Crippen LogP contribution >= 0.6 is 0 Å². The number of anilines is 2. The Hall–Kier alpha value is -4.00. The highest BCUT2D eigenvalue weighted by molar-refractivity contribution is 6.04. The summed E-state index contributed by atoms with van der Waals surface area (Å²) in [4.78, 5) is 22.8. The van der Waals surface area contributed by atoms with E-state index in [0.29, 0.717) is 18.2 Å². The first-order valence-electron chi connectivity index (χ1n) is 10.4. The van der Waals surface area contributed by atoms with Crippen molar-refractivity contribution < 1.29 is 13.6 Å². The lowest BCUT2D eigenvalue weighted by molar-refractivity contribution is 0.102. The van der Waals surface area contributed by atoms with Crippen LogP contribution in [0.1, 0.15) is 29.3 Å². The Morgan fingerprint density at radius 3 is 2.72 bits per heavy atom. The number of para-hydroxylation sites is 2. The lowest BCUT2D eigenvalue weighted by Gasteiger charge is -2.29. The number of rotatable bonds is 4. The van der Waals surface area contributed by atoms with E-state index >= 15 is 0 Å². The molecule has 2 aromatic heterocycles. The number of hydrogen-bond donors (Lipinski definition) is 1. The minimum absolute atomic E-state index is 0.0381. The van der Waals surface area contributed by atoms with Gasteiger partial charge < -0.3 is 14.6 Å². The van der Waals surface area contributed by atoms with Crippen LogP contribution in [-0.4, -0.2) is 29.0 Å². The fraction of sp³-hybridized carbons (Fsp3) is 0.160. The molecule has 0 fully saturated rings. The smallest absolute Gasteiger partial charge is 0.298 e. The van der Waals surface area contributed by atoms with Gasteiger partial charge in [0.05, 0.1) is 11.8 Å². The van der Waals surface area contributed by atoms with Crippen molar-refractivity contribution in [1.82, 2.24) is 9.97 Å². The molecule has 1 aliphatic rings. The molecule has 3 heterocycles. The van der Waals surface area contributed by atoms with E-state index in [-0.39, 0.29) is 5.56 Å². The van der Waals surface area contributed by atoms with Gasteiger partial charge in [-0.05, 0) is 54.8 Å². The second kappa shape index (κ2) is 8.26. The van der Waals surface area contributed by atoms with E-state index in [2.05, 4.69) is 27.1 Å². The van der Waals surface area contributed by atoms with Crippen molar-refractivity contribution in [3.63, 3.8) is 0 Å².